The second-order valence-electron chi connectivity index (χ2n) is 5.37. The molecule has 0 bridgehead atoms. The first-order chi connectivity index (χ1) is 9.63. The summed E-state index contributed by atoms with van der Waals surface area (Å²) in [5.74, 6) is 0. The van der Waals surface area contributed by atoms with Crippen molar-refractivity contribution in [2.24, 2.45) is 0 Å². The van der Waals surface area contributed by atoms with Gasteiger partial charge in [0, 0.05) is 17.1 Å². The highest BCUT2D eigenvalue weighted by Crippen LogP contribution is 2.33. The fourth-order valence-electron chi connectivity index (χ4n) is 2.73. The second-order valence-corrected chi connectivity index (χ2v) is 5.37. The number of aromatic amines is 1. The standard InChI is InChI=1S/C18H19NO/c1-3-13-7-9-14(10-8-13)18(2,20)16-5-4-6-17-15(16)11-12-19-17/h4-12,19-20H,3H2,1-2H3. The van der Waals surface area contributed by atoms with Crippen LogP contribution in [0.1, 0.15) is 30.5 Å². The molecule has 1 heterocycles. The molecule has 20 heavy (non-hydrogen) atoms. The van der Waals surface area contributed by atoms with Crippen molar-refractivity contribution in [3.05, 3.63) is 71.4 Å². The minimum absolute atomic E-state index is 0.920. The van der Waals surface area contributed by atoms with Crippen LogP contribution < -0.4 is 0 Å². The van der Waals surface area contributed by atoms with E-state index in [1.165, 1.54) is 5.56 Å². The molecular weight excluding hydrogens is 246 g/mol. The summed E-state index contributed by atoms with van der Waals surface area (Å²) in [6.45, 7) is 3.99. The molecule has 3 rings (SSSR count). The smallest absolute Gasteiger partial charge is 0.112 e. The Balaban J connectivity index is 2.12. The lowest BCUT2D eigenvalue weighted by Crippen LogP contribution is -2.23. The van der Waals surface area contributed by atoms with E-state index in [0.29, 0.717) is 0 Å². The van der Waals surface area contributed by atoms with Gasteiger partial charge in [0.15, 0.2) is 0 Å². The lowest BCUT2D eigenvalue weighted by molar-refractivity contribution is 0.104. The van der Waals surface area contributed by atoms with Gasteiger partial charge in [-0.2, -0.15) is 0 Å². The van der Waals surface area contributed by atoms with Gasteiger partial charge in [0.2, 0.25) is 0 Å². The molecule has 0 radical (unpaired) electrons. The molecule has 102 valence electrons. The Morgan fingerprint density at radius 3 is 2.50 bits per heavy atom. The Morgan fingerprint density at radius 2 is 1.80 bits per heavy atom. The van der Waals surface area contributed by atoms with Crippen LogP contribution in [0.5, 0.6) is 0 Å². The number of aliphatic hydroxyl groups is 1. The van der Waals surface area contributed by atoms with Crippen LogP contribution in [0.3, 0.4) is 0 Å². The number of fused-ring (bicyclic) bond motifs is 1. The number of hydrogen-bond donors (Lipinski definition) is 2. The first kappa shape index (κ1) is 12.9. The first-order valence-electron chi connectivity index (χ1n) is 7.01. The molecule has 0 amide bonds. The van der Waals surface area contributed by atoms with Crippen molar-refractivity contribution in [2.45, 2.75) is 25.9 Å². The predicted octanol–water partition coefficient (Wildman–Crippen LogP) is 3.99. The van der Waals surface area contributed by atoms with E-state index in [4.69, 9.17) is 0 Å². The minimum Gasteiger partial charge on any atom is -0.381 e. The zero-order chi connectivity index (χ0) is 14.2. The number of H-pyrrole nitrogens is 1. The summed E-state index contributed by atoms with van der Waals surface area (Å²) in [5.41, 5.74) is 3.19. The van der Waals surface area contributed by atoms with Crippen LogP contribution in [0.15, 0.2) is 54.7 Å². The van der Waals surface area contributed by atoms with Crippen molar-refractivity contribution >= 4 is 10.9 Å². The number of nitrogens with one attached hydrogen (secondary N) is 1. The molecule has 2 aromatic carbocycles. The lowest BCUT2D eigenvalue weighted by Gasteiger charge is -2.25. The van der Waals surface area contributed by atoms with Crippen molar-refractivity contribution in [3.8, 4) is 0 Å². The Bertz CT molecular complexity index is 723. The highest BCUT2D eigenvalue weighted by atomic mass is 16.3. The fraction of sp³-hybridized carbons (Fsp3) is 0.222. The van der Waals surface area contributed by atoms with E-state index >= 15 is 0 Å². The van der Waals surface area contributed by atoms with Crippen molar-refractivity contribution < 1.29 is 5.11 Å². The molecule has 2 heteroatoms. The number of rotatable bonds is 3. The number of hydrogen-bond acceptors (Lipinski definition) is 1. The minimum atomic E-state index is -0.992. The molecule has 0 saturated carbocycles. The molecule has 0 aliphatic heterocycles. The highest BCUT2D eigenvalue weighted by molar-refractivity contribution is 5.84. The summed E-state index contributed by atoms with van der Waals surface area (Å²) in [6, 6.07) is 16.2. The van der Waals surface area contributed by atoms with Crippen LogP contribution >= 0.6 is 0 Å². The molecule has 2 N–H and O–H groups in total. The van der Waals surface area contributed by atoms with Crippen LogP contribution in [-0.4, -0.2) is 10.1 Å². The van der Waals surface area contributed by atoms with E-state index in [0.717, 1.165) is 28.5 Å². The molecule has 1 unspecified atom stereocenters. The summed E-state index contributed by atoms with van der Waals surface area (Å²) in [6.07, 6.45) is 2.92. The molecule has 0 fully saturated rings. The van der Waals surface area contributed by atoms with Crippen LogP contribution in [0.4, 0.5) is 0 Å². The molecule has 0 aliphatic carbocycles. The summed E-state index contributed by atoms with van der Waals surface area (Å²) in [5, 5.41) is 12.1. The topological polar surface area (TPSA) is 36.0 Å². The first-order valence-corrected chi connectivity index (χ1v) is 7.01. The van der Waals surface area contributed by atoms with Crippen molar-refractivity contribution in [1.29, 1.82) is 0 Å². The van der Waals surface area contributed by atoms with Gasteiger partial charge in [-0.1, -0.05) is 43.3 Å². The maximum Gasteiger partial charge on any atom is 0.112 e. The normalized spacial score (nSPS) is 14.3. The summed E-state index contributed by atoms with van der Waals surface area (Å²) in [4.78, 5) is 3.19. The van der Waals surface area contributed by atoms with E-state index in [1.54, 1.807) is 0 Å². The molecular formula is C18H19NO. The number of benzene rings is 2. The maximum atomic E-state index is 11.0. The monoisotopic (exact) mass is 265 g/mol. The van der Waals surface area contributed by atoms with Crippen molar-refractivity contribution in [3.63, 3.8) is 0 Å². The van der Waals surface area contributed by atoms with E-state index in [9.17, 15) is 5.11 Å². The SMILES string of the molecule is CCc1ccc(C(C)(O)c2cccc3[nH]ccc23)cc1. The molecule has 2 nitrogen and oxygen atoms in total. The number of aryl methyl sites for hydroxylation is 1. The van der Waals surface area contributed by atoms with Crippen LogP contribution in [0.25, 0.3) is 10.9 Å². The third-order valence-corrected chi connectivity index (χ3v) is 4.04. The van der Waals surface area contributed by atoms with Gasteiger partial charge >= 0.3 is 0 Å². The summed E-state index contributed by atoms with van der Waals surface area (Å²) < 4.78 is 0. The van der Waals surface area contributed by atoms with Gasteiger partial charge in [0.1, 0.15) is 5.60 Å². The Labute approximate surface area is 119 Å². The second kappa shape index (κ2) is 4.80. The van der Waals surface area contributed by atoms with Gasteiger partial charge in [-0.15, -0.1) is 0 Å². The van der Waals surface area contributed by atoms with Gasteiger partial charge in [-0.05, 0) is 42.2 Å². The van der Waals surface area contributed by atoms with E-state index in [1.807, 2.05) is 49.5 Å². The molecule has 1 aromatic heterocycles. The highest BCUT2D eigenvalue weighted by Gasteiger charge is 2.27. The van der Waals surface area contributed by atoms with Gasteiger partial charge in [-0.3, -0.25) is 0 Å². The number of aromatic nitrogens is 1. The molecule has 0 spiro atoms. The zero-order valence-electron chi connectivity index (χ0n) is 11.9. The lowest BCUT2D eigenvalue weighted by atomic mass is 9.86. The molecule has 3 aromatic rings. The largest absolute Gasteiger partial charge is 0.381 e. The fourth-order valence-corrected chi connectivity index (χ4v) is 2.73. The summed E-state index contributed by atoms with van der Waals surface area (Å²) >= 11 is 0. The summed E-state index contributed by atoms with van der Waals surface area (Å²) in [7, 11) is 0. The Kier molecular flexibility index (Phi) is 3.11. The van der Waals surface area contributed by atoms with E-state index in [-0.39, 0.29) is 0 Å². The Morgan fingerprint density at radius 1 is 1.05 bits per heavy atom. The van der Waals surface area contributed by atoms with Crippen LogP contribution in [0, 0.1) is 0 Å². The zero-order valence-corrected chi connectivity index (χ0v) is 11.9. The van der Waals surface area contributed by atoms with Crippen molar-refractivity contribution in [2.75, 3.05) is 0 Å². The van der Waals surface area contributed by atoms with Gasteiger partial charge in [0.05, 0.1) is 0 Å². The van der Waals surface area contributed by atoms with E-state index < -0.39 is 5.60 Å². The quantitative estimate of drug-likeness (QED) is 0.738. The van der Waals surface area contributed by atoms with Crippen LogP contribution in [-0.2, 0) is 12.0 Å². The van der Waals surface area contributed by atoms with Gasteiger partial charge in [-0.25, -0.2) is 0 Å². The molecule has 1 atom stereocenters. The third-order valence-electron chi connectivity index (χ3n) is 4.04. The van der Waals surface area contributed by atoms with Gasteiger partial charge < -0.3 is 10.1 Å². The van der Waals surface area contributed by atoms with Crippen molar-refractivity contribution in [1.82, 2.24) is 4.98 Å². The van der Waals surface area contributed by atoms with E-state index in [2.05, 4.69) is 24.0 Å². The predicted molar refractivity (Wildman–Crippen MR) is 82.8 cm³/mol. The van der Waals surface area contributed by atoms with Gasteiger partial charge in [0.25, 0.3) is 0 Å². The average molecular weight is 265 g/mol. The average Bonchev–Trinajstić information content (AvgIpc) is 2.95. The maximum absolute atomic E-state index is 11.0. The molecule has 0 saturated heterocycles. The Hall–Kier alpha value is -2.06. The third kappa shape index (κ3) is 2.02. The molecule has 0 aliphatic rings. The van der Waals surface area contributed by atoms with Crippen LogP contribution in [0.2, 0.25) is 0 Å².